The van der Waals surface area contributed by atoms with E-state index in [0.717, 1.165) is 42.4 Å². The molecule has 0 aliphatic rings. The van der Waals surface area contributed by atoms with Crippen LogP contribution in [-0.2, 0) is 13.0 Å². The fourth-order valence-electron chi connectivity index (χ4n) is 2.91. The van der Waals surface area contributed by atoms with Crippen LogP contribution in [0.2, 0.25) is 0 Å². The second-order valence-corrected chi connectivity index (χ2v) is 7.15. The minimum absolute atomic E-state index is 0.0166. The maximum atomic E-state index is 12.1. The van der Waals surface area contributed by atoms with Gasteiger partial charge < -0.3 is 20.4 Å². The van der Waals surface area contributed by atoms with Crippen LogP contribution >= 0.6 is 0 Å². The summed E-state index contributed by atoms with van der Waals surface area (Å²) in [6, 6.07) is 11.7. The standard InChI is InChI=1S/C22H32N6O/c1-6-23-22(26-16-19-11-8-13-24-20(19)27(2)3)25-14-12-17-9-7-10-18(15-17)21(29)28(4)5/h7-11,13,15H,6,12,14,16H2,1-5H3,(H2,23,25,26). The second kappa shape index (κ2) is 11.0. The lowest BCUT2D eigenvalue weighted by molar-refractivity contribution is 0.0827. The van der Waals surface area contributed by atoms with E-state index in [2.05, 4.69) is 15.6 Å². The molecule has 2 rings (SSSR count). The molecule has 0 saturated heterocycles. The summed E-state index contributed by atoms with van der Waals surface area (Å²) in [6.45, 7) is 4.09. The highest BCUT2D eigenvalue weighted by Gasteiger charge is 2.08. The average Bonchev–Trinajstić information content (AvgIpc) is 2.71. The van der Waals surface area contributed by atoms with Gasteiger partial charge in [-0.25, -0.2) is 9.98 Å². The van der Waals surface area contributed by atoms with Gasteiger partial charge in [0, 0.05) is 58.6 Å². The molecule has 0 unspecified atom stereocenters. The number of amides is 1. The molecule has 1 amide bonds. The molecule has 0 fully saturated rings. The Morgan fingerprint density at radius 3 is 2.59 bits per heavy atom. The number of anilines is 1. The number of nitrogens with one attached hydrogen (secondary N) is 2. The molecule has 0 atom stereocenters. The van der Waals surface area contributed by atoms with E-state index in [4.69, 9.17) is 4.99 Å². The predicted molar refractivity (Wildman–Crippen MR) is 120 cm³/mol. The van der Waals surface area contributed by atoms with Crippen molar-refractivity contribution in [3.63, 3.8) is 0 Å². The summed E-state index contributed by atoms with van der Waals surface area (Å²) in [4.78, 5) is 24.8. The molecule has 0 aliphatic carbocycles. The van der Waals surface area contributed by atoms with Gasteiger partial charge in [-0.2, -0.15) is 0 Å². The first-order valence-electron chi connectivity index (χ1n) is 9.86. The van der Waals surface area contributed by atoms with Crippen LogP contribution in [0.1, 0.15) is 28.4 Å². The normalized spacial score (nSPS) is 11.1. The van der Waals surface area contributed by atoms with Crippen molar-refractivity contribution < 1.29 is 4.79 Å². The number of aliphatic imine (C=N–C) groups is 1. The lowest BCUT2D eigenvalue weighted by Crippen LogP contribution is -2.38. The van der Waals surface area contributed by atoms with Gasteiger partial charge in [0.15, 0.2) is 5.96 Å². The largest absolute Gasteiger partial charge is 0.362 e. The third kappa shape index (κ3) is 6.78. The third-order valence-electron chi connectivity index (χ3n) is 4.33. The quantitative estimate of drug-likeness (QED) is 0.528. The minimum Gasteiger partial charge on any atom is -0.362 e. The Balaban J connectivity index is 1.99. The van der Waals surface area contributed by atoms with Gasteiger partial charge in [-0.1, -0.05) is 18.2 Å². The molecule has 0 radical (unpaired) electrons. The lowest BCUT2D eigenvalue weighted by Gasteiger charge is -2.16. The average molecular weight is 397 g/mol. The van der Waals surface area contributed by atoms with Crippen molar-refractivity contribution in [2.75, 3.05) is 46.2 Å². The number of rotatable bonds is 8. The van der Waals surface area contributed by atoms with Gasteiger partial charge in [0.05, 0.1) is 6.54 Å². The van der Waals surface area contributed by atoms with Crippen molar-refractivity contribution in [2.24, 2.45) is 4.99 Å². The molecule has 29 heavy (non-hydrogen) atoms. The van der Waals surface area contributed by atoms with E-state index in [1.807, 2.05) is 62.3 Å². The van der Waals surface area contributed by atoms with Gasteiger partial charge in [0.2, 0.25) is 0 Å². The zero-order chi connectivity index (χ0) is 21.2. The number of nitrogens with zero attached hydrogens (tertiary/aromatic N) is 4. The maximum Gasteiger partial charge on any atom is 0.253 e. The van der Waals surface area contributed by atoms with E-state index in [-0.39, 0.29) is 5.91 Å². The Morgan fingerprint density at radius 2 is 1.90 bits per heavy atom. The predicted octanol–water partition coefficient (Wildman–Crippen LogP) is 2.15. The Morgan fingerprint density at radius 1 is 1.10 bits per heavy atom. The highest BCUT2D eigenvalue weighted by atomic mass is 16.2. The van der Waals surface area contributed by atoms with Crippen molar-refractivity contribution in [2.45, 2.75) is 19.9 Å². The van der Waals surface area contributed by atoms with Crippen LogP contribution in [0.25, 0.3) is 0 Å². The Kier molecular flexibility index (Phi) is 8.45. The van der Waals surface area contributed by atoms with Crippen LogP contribution in [0.4, 0.5) is 5.82 Å². The molecular formula is C22H32N6O. The Bertz CT molecular complexity index is 832. The fourth-order valence-corrected chi connectivity index (χ4v) is 2.91. The number of guanidine groups is 1. The molecule has 1 aromatic heterocycles. The van der Waals surface area contributed by atoms with Crippen molar-refractivity contribution in [1.29, 1.82) is 0 Å². The molecular weight excluding hydrogens is 364 g/mol. The van der Waals surface area contributed by atoms with Crippen molar-refractivity contribution in [3.05, 3.63) is 59.3 Å². The first-order chi connectivity index (χ1) is 13.9. The third-order valence-corrected chi connectivity index (χ3v) is 4.33. The molecule has 7 nitrogen and oxygen atoms in total. The summed E-state index contributed by atoms with van der Waals surface area (Å²) in [6.07, 6.45) is 2.59. The van der Waals surface area contributed by atoms with E-state index in [0.29, 0.717) is 12.1 Å². The van der Waals surface area contributed by atoms with E-state index in [9.17, 15) is 4.79 Å². The lowest BCUT2D eigenvalue weighted by atomic mass is 10.1. The first kappa shape index (κ1) is 22.2. The maximum absolute atomic E-state index is 12.1. The molecule has 0 spiro atoms. The molecule has 0 aliphatic heterocycles. The first-order valence-corrected chi connectivity index (χ1v) is 9.86. The Labute approximate surface area is 173 Å². The fraction of sp³-hybridized carbons (Fsp3) is 0.409. The van der Waals surface area contributed by atoms with Crippen LogP contribution < -0.4 is 15.5 Å². The van der Waals surface area contributed by atoms with Crippen LogP contribution in [0, 0.1) is 0 Å². The topological polar surface area (TPSA) is 72.9 Å². The number of benzene rings is 1. The zero-order valence-corrected chi connectivity index (χ0v) is 18.1. The smallest absolute Gasteiger partial charge is 0.253 e. The molecule has 156 valence electrons. The monoisotopic (exact) mass is 396 g/mol. The number of aromatic nitrogens is 1. The van der Waals surface area contributed by atoms with Crippen LogP contribution in [0.15, 0.2) is 47.6 Å². The van der Waals surface area contributed by atoms with Gasteiger partial charge in [-0.15, -0.1) is 0 Å². The molecule has 0 bridgehead atoms. The SMILES string of the molecule is CCNC(=NCc1cccnc1N(C)C)NCCc1cccc(C(=O)N(C)C)c1. The van der Waals surface area contributed by atoms with Crippen LogP contribution in [-0.4, -0.2) is 63.0 Å². The summed E-state index contributed by atoms with van der Waals surface area (Å²) in [5, 5.41) is 6.65. The van der Waals surface area contributed by atoms with Crippen molar-refractivity contribution >= 4 is 17.7 Å². The summed E-state index contributed by atoms with van der Waals surface area (Å²) in [5.41, 5.74) is 2.90. The zero-order valence-electron chi connectivity index (χ0n) is 18.1. The van der Waals surface area contributed by atoms with Gasteiger partial charge in [-0.05, 0) is 37.1 Å². The Hall–Kier alpha value is -3.09. The summed E-state index contributed by atoms with van der Waals surface area (Å²) >= 11 is 0. The van der Waals surface area contributed by atoms with Crippen molar-refractivity contribution in [1.82, 2.24) is 20.5 Å². The van der Waals surface area contributed by atoms with Gasteiger partial charge in [0.25, 0.3) is 5.91 Å². The van der Waals surface area contributed by atoms with Crippen LogP contribution in [0.3, 0.4) is 0 Å². The van der Waals surface area contributed by atoms with Crippen LogP contribution in [0.5, 0.6) is 0 Å². The molecule has 2 aromatic rings. The highest BCUT2D eigenvalue weighted by molar-refractivity contribution is 5.94. The molecule has 7 heteroatoms. The highest BCUT2D eigenvalue weighted by Crippen LogP contribution is 2.15. The van der Waals surface area contributed by atoms with E-state index < -0.39 is 0 Å². The molecule has 1 heterocycles. The summed E-state index contributed by atoms with van der Waals surface area (Å²) in [5.74, 6) is 1.71. The number of hydrogen-bond acceptors (Lipinski definition) is 4. The van der Waals surface area contributed by atoms with Gasteiger partial charge in [0.1, 0.15) is 5.82 Å². The molecule has 0 saturated carbocycles. The second-order valence-electron chi connectivity index (χ2n) is 7.15. The number of carbonyl (C=O) groups is 1. The van der Waals surface area contributed by atoms with E-state index in [1.54, 1.807) is 25.2 Å². The van der Waals surface area contributed by atoms with Gasteiger partial charge in [-0.3, -0.25) is 4.79 Å². The van der Waals surface area contributed by atoms with E-state index >= 15 is 0 Å². The van der Waals surface area contributed by atoms with E-state index in [1.165, 1.54) is 0 Å². The summed E-state index contributed by atoms with van der Waals surface area (Å²) < 4.78 is 0. The minimum atomic E-state index is 0.0166. The number of pyridine rings is 1. The molecule has 2 N–H and O–H groups in total. The number of hydrogen-bond donors (Lipinski definition) is 2. The van der Waals surface area contributed by atoms with Gasteiger partial charge >= 0.3 is 0 Å². The molecule has 1 aromatic carbocycles. The summed E-state index contributed by atoms with van der Waals surface area (Å²) in [7, 11) is 7.49. The van der Waals surface area contributed by atoms with Crippen molar-refractivity contribution in [3.8, 4) is 0 Å². The number of carbonyl (C=O) groups excluding carboxylic acids is 1.